The van der Waals surface area contributed by atoms with E-state index in [1.807, 2.05) is 0 Å². The molecule has 0 fully saturated rings. The molecule has 2 aromatic rings. The molecule has 0 spiro atoms. The zero-order valence-electron chi connectivity index (χ0n) is 19.1. The highest BCUT2D eigenvalue weighted by Gasteiger charge is 2.21. The fraction of sp³-hybridized carbons (Fsp3) is 0.500. The third-order valence-electron chi connectivity index (χ3n) is 5.33. The first kappa shape index (κ1) is 25.6. The number of unbranched alkanes of at least 4 members (excludes halogenated alkanes) is 7. The highest BCUT2D eigenvalue weighted by atomic mass is 19.2. The van der Waals surface area contributed by atoms with Gasteiger partial charge in [-0.1, -0.05) is 58.8 Å². The molecular weight excluding hydrogens is 414 g/mol. The van der Waals surface area contributed by atoms with E-state index in [9.17, 15) is 18.7 Å². The number of aromatic carboxylic acids is 1. The molecule has 176 valence electrons. The third kappa shape index (κ3) is 7.50. The normalized spacial score (nSPS) is 10.9. The maximum atomic E-state index is 14.9. The highest BCUT2D eigenvalue weighted by Crippen LogP contribution is 2.34. The van der Waals surface area contributed by atoms with Gasteiger partial charge in [0.05, 0.1) is 18.8 Å². The molecular formula is C26H34F2O4. The molecule has 32 heavy (non-hydrogen) atoms. The fourth-order valence-electron chi connectivity index (χ4n) is 3.48. The first-order chi connectivity index (χ1) is 15.5. The van der Waals surface area contributed by atoms with Crippen molar-refractivity contribution in [2.24, 2.45) is 0 Å². The minimum atomic E-state index is -1.22. The van der Waals surface area contributed by atoms with Crippen molar-refractivity contribution in [2.45, 2.75) is 71.6 Å². The zero-order valence-corrected chi connectivity index (χ0v) is 19.1. The van der Waals surface area contributed by atoms with Gasteiger partial charge in [0.25, 0.3) is 0 Å². The highest BCUT2D eigenvalue weighted by molar-refractivity contribution is 5.96. The predicted octanol–water partition coefficient (Wildman–Crippen LogP) is 7.64. The Balaban J connectivity index is 2.16. The molecule has 1 N–H and O–H groups in total. The van der Waals surface area contributed by atoms with E-state index in [4.69, 9.17) is 9.47 Å². The minimum absolute atomic E-state index is 0.0751. The third-order valence-corrected chi connectivity index (χ3v) is 5.33. The first-order valence-electron chi connectivity index (χ1n) is 11.6. The van der Waals surface area contributed by atoms with Crippen LogP contribution in [0, 0.1) is 11.6 Å². The van der Waals surface area contributed by atoms with Crippen molar-refractivity contribution in [2.75, 3.05) is 13.2 Å². The molecule has 0 unspecified atom stereocenters. The SMILES string of the molecule is CCCCCCCOc1ccc(-c2cc(OCCCCCC)ccc2C(=O)O)c(F)c1F. The van der Waals surface area contributed by atoms with E-state index in [-0.39, 0.29) is 22.4 Å². The average molecular weight is 449 g/mol. The Hall–Kier alpha value is -2.63. The van der Waals surface area contributed by atoms with Crippen LogP contribution >= 0.6 is 0 Å². The molecule has 2 rings (SSSR count). The number of hydrogen-bond acceptors (Lipinski definition) is 3. The van der Waals surface area contributed by atoms with Crippen molar-refractivity contribution < 1.29 is 28.2 Å². The number of carbonyl (C=O) groups is 1. The molecule has 4 nitrogen and oxygen atoms in total. The number of hydrogen-bond donors (Lipinski definition) is 1. The summed E-state index contributed by atoms with van der Waals surface area (Å²) in [6, 6.07) is 7.06. The first-order valence-corrected chi connectivity index (χ1v) is 11.6. The molecule has 6 heteroatoms. The molecule has 0 radical (unpaired) electrons. The van der Waals surface area contributed by atoms with Gasteiger partial charge in [-0.25, -0.2) is 9.18 Å². The van der Waals surface area contributed by atoms with Crippen LogP contribution in [0.5, 0.6) is 11.5 Å². The van der Waals surface area contributed by atoms with Gasteiger partial charge in [0.15, 0.2) is 11.6 Å². The van der Waals surface area contributed by atoms with E-state index in [2.05, 4.69) is 13.8 Å². The van der Waals surface area contributed by atoms with Gasteiger partial charge in [-0.15, -0.1) is 0 Å². The predicted molar refractivity (Wildman–Crippen MR) is 123 cm³/mol. The van der Waals surface area contributed by atoms with Crippen LogP contribution < -0.4 is 9.47 Å². The van der Waals surface area contributed by atoms with Crippen LogP contribution in [-0.4, -0.2) is 24.3 Å². The second-order valence-corrected chi connectivity index (χ2v) is 7.92. The molecule has 0 aliphatic carbocycles. The maximum Gasteiger partial charge on any atom is 0.336 e. The second-order valence-electron chi connectivity index (χ2n) is 7.92. The number of rotatable bonds is 15. The van der Waals surface area contributed by atoms with Crippen LogP contribution in [0.2, 0.25) is 0 Å². The van der Waals surface area contributed by atoms with Gasteiger partial charge in [-0.3, -0.25) is 0 Å². The Kier molecular flexibility index (Phi) is 11.0. The fourth-order valence-corrected chi connectivity index (χ4v) is 3.48. The van der Waals surface area contributed by atoms with Crippen LogP contribution in [0.4, 0.5) is 8.78 Å². The van der Waals surface area contributed by atoms with Gasteiger partial charge in [-0.2, -0.15) is 4.39 Å². The number of benzene rings is 2. The molecule has 2 aromatic carbocycles. The number of carboxylic acid groups (broad SMARTS) is 1. The number of halogens is 2. The monoisotopic (exact) mass is 448 g/mol. The summed E-state index contributed by atoms with van der Waals surface area (Å²) in [7, 11) is 0. The molecule has 0 aliphatic heterocycles. The van der Waals surface area contributed by atoms with Gasteiger partial charge < -0.3 is 14.6 Å². The standard InChI is InChI=1S/C26H34F2O4/c1-3-5-7-9-11-17-32-23-15-14-20(24(27)25(23)28)22-18-19(12-13-21(22)26(29)30)31-16-10-8-6-4-2/h12-15,18H,3-11,16-17H2,1-2H3,(H,29,30). The smallest absolute Gasteiger partial charge is 0.336 e. The second kappa shape index (κ2) is 13.7. The van der Waals surface area contributed by atoms with Crippen molar-refractivity contribution in [1.82, 2.24) is 0 Å². The summed E-state index contributed by atoms with van der Waals surface area (Å²) in [5, 5.41) is 9.53. The topological polar surface area (TPSA) is 55.8 Å². The molecule has 0 saturated carbocycles. The van der Waals surface area contributed by atoms with Crippen LogP contribution in [0.25, 0.3) is 11.1 Å². The van der Waals surface area contributed by atoms with Crippen LogP contribution in [-0.2, 0) is 0 Å². The van der Waals surface area contributed by atoms with Crippen LogP contribution in [0.1, 0.15) is 82.0 Å². The zero-order chi connectivity index (χ0) is 23.3. The largest absolute Gasteiger partial charge is 0.494 e. The van der Waals surface area contributed by atoms with E-state index in [0.29, 0.717) is 19.0 Å². The van der Waals surface area contributed by atoms with E-state index >= 15 is 0 Å². The lowest BCUT2D eigenvalue weighted by Crippen LogP contribution is -2.05. The summed E-state index contributed by atoms with van der Waals surface area (Å²) >= 11 is 0. The van der Waals surface area contributed by atoms with Gasteiger partial charge in [0.1, 0.15) is 5.75 Å². The molecule has 0 bridgehead atoms. The van der Waals surface area contributed by atoms with Crippen molar-refractivity contribution in [1.29, 1.82) is 0 Å². The van der Waals surface area contributed by atoms with E-state index < -0.39 is 17.6 Å². The Labute approximate surface area is 189 Å². The molecule has 0 atom stereocenters. The molecule has 0 aromatic heterocycles. The summed E-state index contributed by atoms with van der Waals surface area (Å²) < 4.78 is 40.7. The maximum absolute atomic E-state index is 14.9. The Bertz CT molecular complexity index is 867. The lowest BCUT2D eigenvalue weighted by atomic mass is 9.98. The molecule has 0 aliphatic rings. The van der Waals surface area contributed by atoms with Crippen LogP contribution in [0.3, 0.4) is 0 Å². The molecule has 0 heterocycles. The van der Waals surface area contributed by atoms with Crippen LogP contribution in [0.15, 0.2) is 30.3 Å². The van der Waals surface area contributed by atoms with Crippen molar-refractivity contribution >= 4 is 5.97 Å². The van der Waals surface area contributed by atoms with Gasteiger partial charge in [0, 0.05) is 11.1 Å². The summed E-state index contributed by atoms with van der Waals surface area (Å²) in [4.78, 5) is 11.7. The molecule has 0 saturated heterocycles. The Morgan fingerprint density at radius 2 is 1.41 bits per heavy atom. The van der Waals surface area contributed by atoms with E-state index in [1.54, 1.807) is 0 Å². The summed E-state index contributed by atoms with van der Waals surface area (Å²) in [6.45, 7) is 5.03. The van der Waals surface area contributed by atoms with Gasteiger partial charge >= 0.3 is 5.97 Å². The number of ether oxygens (including phenoxy) is 2. The van der Waals surface area contributed by atoms with E-state index in [1.165, 1.54) is 30.3 Å². The van der Waals surface area contributed by atoms with Gasteiger partial charge in [0.2, 0.25) is 5.82 Å². The molecule has 0 amide bonds. The minimum Gasteiger partial charge on any atom is -0.494 e. The average Bonchev–Trinajstić information content (AvgIpc) is 2.78. The van der Waals surface area contributed by atoms with Crippen molar-refractivity contribution in [3.05, 3.63) is 47.5 Å². The van der Waals surface area contributed by atoms with Crippen molar-refractivity contribution in [3.63, 3.8) is 0 Å². The summed E-state index contributed by atoms with van der Waals surface area (Å²) in [5.74, 6) is -3.20. The quantitative estimate of drug-likeness (QED) is 0.284. The summed E-state index contributed by atoms with van der Waals surface area (Å²) in [5.41, 5.74) is -0.177. The van der Waals surface area contributed by atoms with Gasteiger partial charge in [-0.05, 0) is 43.2 Å². The van der Waals surface area contributed by atoms with E-state index in [0.717, 1.165) is 57.8 Å². The Morgan fingerprint density at radius 3 is 2.06 bits per heavy atom. The summed E-state index contributed by atoms with van der Waals surface area (Å²) in [6.07, 6.45) is 9.24. The lowest BCUT2D eigenvalue weighted by Gasteiger charge is -2.14. The van der Waals surface area contributed by atoms with Crippen molar-refractivity contribution in [3.8, 4) is 22.6 Å². The Morgan fingerprint density at radius 1 is 0.781 bits per heavy atom. The lowest BCUT2D eigenvalue weighted by molar-refractivity contribution is 0.0697. The number of carboxylic acids is 1.